The molecule has 2 aromatic heterocycles. The van der Waals surface area contributed by atoms with Gasteiger partial charge in [0.05, 0.1) is 24.9 Å². The summed E-state index contributed by atoms with van der Waals surface area (Å²) in [5, 5.41) is 18.6. The summed E-state index contributed by atoms with van der Waals surface area (Å²) in [6, 6.07) is 15.7. The molecule has 4 heterocycles. The van der Waals surface area contributed by atoms with Gasteiger partial charge in [0.1, 0.15) is 15.6 Å². The number of aromatic nitrogens is 4. The van der Waals surface area contributed by atoms with Crippen molar-refractivity contribution in [1.82, 2.24) is 30.2 Å². The van der Waals surface area contributed by atoms with Gasteiger partial charge < -0.3 is 14.7 Å². The Kier molecular flexibility index (Phi) is 5.24. The van der Waals surface area contributed by atoms with Crippen molar-refractivity contribution >= 4 is 39.7 Å². The topological polar surface area (TPSA) is 98.3 Å². The van der Waals surface area contributed by atoms with Crippen molar-refractivity contribution in [2.45, 2.75) is 43.7 Å². The molecule has 0 unspecified atom stereocenters. The molecule has 1 aliphatic carbocycles. The summed E-state index contributed by atoms with van der Waals surface area (Å²) < 4.78 is 0. The number of rotatable bonds is 5. The molecule has 0 atom stereocenters. The highest BCUT2D eigenvalue weighted by Gasteiger charge is 2.54. The van der Waals surface area contributed by atoms with Crippen molar-refractivity contribution in [3.8, 4) is 0 Å². The van der Waals surface area contributed by atoms with Crippen molar-refractivity contribution < 1.29 is 9.59 Å². The number of carbonyl (C=O) groups is 2. The van der Waals surface area contributed by atoms with Crippen LogP contribution in [0.4, 0.5) is 5.69 Å². The summed E-state index contributed by atoms with van der Waals surface area (Å²) in [6.07, 6.45) is 5.27. The monoisotopic (exact) mass is 513 g/mol. The van der Waals surface area contributed by atoms with Crippen LogP contribution >= 0.6 is 11.3 Å². The number of H-pyrrole nitrogens is 1. The molecular formula is C27H27N7O2S. The molecule has 188 valence electrons. The van der Waals surface area contributed by atoms with Gasteiger partial charge in [-0.25, -0.2) is 0 Å². The number of nitrogens with one attached hydrogen (secondary N) is 1. The highest BCUT2D eigenvalue weighted by atomic mass is 32.1. The van der Waals surface area contributed by atoms with E-state index in [4.69, 9.17) is 0 Å². The van der Waals surface area contributed by atoms with Crippen molar-refractivity contribution in [2.24, 2.45) is 0 Å². The van der Waals surface area contributed by atoms with E-state index in [9.17, 15) is 9.59 Å². The fourth-order valence-corrected chi connectivity index (χ4v) is 6.68. The lowest BCUT2D eigenvalue weighted by molar-refractivity contribution is -0.134. The van der Waals surface area contributed by atoms with Crippen LogP contribution in [0.5, 0.6) is 0 Å². The van der Waals surface area contributed by atoms with Gasteiger partial charge in [-0.3, -0.25) is 14.7 Å². The molecule has 9 nitrogen and oxygen atoms in total. The van der Waals surface area contributed by atoms with E-state index in [1.54, 1.807) is 17.5 Å². The van der Waals surface area contributed by atoms with Crippen LogP contribution in [0.2, 0.25) is 0 Å². The number of amides is 2. The molecular weight excluding hydrogens is 486 g/mol. The van der Waals surface area contributed by atoms with Crippen LogP contribution in [-0.2, 0) is 11.3 Å². The van der Waals surface area contributed by atoms with E-state index in [0.29, 0.717) is 50.6 Å². The number of carbonyl (C=O) groups excluding carboxylic acids is 2. The number of fused-ring (bicyclic) bond motifs is 1. The lowest BCUT2D eigenvalue weighted by atomic mass is 9.85. The molecule has 2 aromatic carbocycles. The first-order chi connectivity index (χ1) is 18.1. The van der Waals surface area contributed by atoms with E-state index < -0.39 is 5.54 Å². The largest absolute Gasteiger partial charge is 0.339 e. The van der Waals surface area contributed by atoms with Gasteiger partial charge in [-0.2, -0.15) is 5.10 Å². The average molecular weight is 514 g/mol. The van der Waals surface area contributed by atoms with Gasteiger partial charge >= 0.3 is 0 Å². The van der Waals surface area contributed by atoms with Gasteiger partial charge in [0.2, 0.25) is 5.91 Å². The Morgan fingerprint density at radius 1 is 1.08 bits per heavy atom. The predicted molar refractivity (Wildman–Crippen MR) is 140 cm³/mol. The summed E-state index contributed by atoms with van der Waals surface area (Å²) in [6.45, 7) is 2.03. The van der Waals surface area contributed by atoms with Crippen molar-refractivity contribution in [3.63, 3.8) is 0 Å². The average Bonchev–Trinajstić information content (AvgIpc) is 3.39. The predicted octanol–water partition coefficient (Wildman–Crippen LogP) is 3.77. The van der Waals surface area contributed by atoms with Gasteiger partial charge in [0.15, 0.2) is 0 Å². The van der Waals surface area contributed by atoms with Crippen LogP contribution in [0, 0.1) is 0 Å². The Labute approximate surface area is 218 Å². The van der Waals surface area contributed by atoms with E-state index in [-0.39, 0.29) is 11.8 Å². The number of nitrogens with zero attached hydrogens (tertiary/aromatic N) is 6. The number of aromatic amines is 1. The third kappa shape index (κ3) is 3.87. The highest BCUT2D eigenvalue weighted by Crippen LogP contribution is 2.43. The molecule has 3 fully saturated rings. The molecule has 0 radical (unpaired) electrons. The third-order valence-electron chi connectivity index (χ3n) is 7.88. The number of hydrogen-bond acceptors (Lipinski definition) is 7. The third-order valence-corrected chi connectivity index (χ3v) is 8.95. The summed E-state index contributed by atoms with van der Waals surface area (Å²) in [7, 11) is 0. The second kappa shape index (κ2) is 8.65. The minimum atomic E-state index is -0.670. The summed E-state index contributed by atoms with van der Waals surface area (Å²) in [4.78, 5) is 33.4. The highest BCUT2D eigenvalue weighted by molar-refractivity contribution is 7.11. The normalized spacial score (nSPS) is 19.4. The zero-order valence-corrected chi connectivity index (χ0v) is 21.2. The Balaban J connectivity index is 1.13. The molecule has 2 amide bonds. The summed E-state index contributed by atoms with van der Waals surface area (Å²) in [5.74, 6) is 0.670. The molecule has 37 heavy (non-hydrogen) atoms. The maximum absolute atomic E-state index is 14.0. The maximum Gasteiger partial charge on any atom is 0.253 e. The van der Waals surface area contributed by atoms with Crippen LogP contribution in [0.1, 0.15) is 52.0 Å². The smallest absolute Gasteiger partial charge is 0.253 e. The van der Waals surface area contributed by atoms with Gasteiger partial charge in [-0.05, 0) is 56.0 Å². The SMILES string of the molecule is O=C(c1ccc2[nH]ncc2c1)N1CCC2(CC1)C(=O)N(Cc1nnc(C3CC3)s1)CN2c1ccccc1. The minimum absolute atomic E-state index is 0.00650. The van der Waals surface area contributed by atoms with Crippen LogP contribution in [-0.4, -0.2) is 67.3 Å². The zero-order chi connectivity index (χ0) is 25.0. The quantitative estimate of drug-likeness (QED) is 0.436. The number of anilines is 1. The minimum Gasteiger partial charge on any atom is -0.339 e. The van der Waals surface area contributed by atoms with E-state index in [2.05, 4.69) is 37.4 Å². The molecule has 3 aliphatic rings. The number of hydrogen-bond donors (Lipinski definition) is 1. The zero-order valence-electron chi connectivity index (χ0n) is 20.3. The van der Waals surface area contributed by atoms with Crippen molar-refractivity contribution in [1.29, 1.82) is 0 Å². The first-order valence-electron chi connectivity index (χ1n) is 12.8. The Morgan fingerprint density at radius 2 is 1.89 bits per heavy atom. The van der Waals surface area contributed by atoms with E-state index >= 15 is 0 Å². The molecule has 4 aromatic rings. The molecule has 2 aliphatic heterocycles. The second-order valence-corrected chi connectivity index (χ2v) is 11.3. The fourth-order valence-electron chi connectivity index (χ4n) is 5.65. The van der Waals surface area contributed by atoms with Crippen molar-refractivity contribution in [3.05, 3.63) is 70.3 Å². The van der Waals surface area contributed by atoms with Crippen LogP contribution in [0.25, 0.3) is 10.9 Å². The van der Waals surface area contributed by atoms with Gasteiger partial charge in [-0.1, -0.05) is 29.5 Å². The Hall–Kier alpha value is -3.79. The lowest BCUT2D eigenvalue weighted by Gasteiger charge is -2.43. The summed E-state index contributed by atoms with van der Waals surface area (Å²) >= 11 is 1.63. The first-order valence-corrected chi connectivity index (χ1v) is 13.6. The Bertz CT molecular complexity index is 1470. The maximum atomic E-state index is 14.0. The van der Waals surface area contributed by atoms with Crippen LogP contribution < -0.4 is 4.90 Å². The molecule has 0 bridgehead atoms. The molecule has 1 saturated carbocycles. The van der Waals surface area contributed by atoms with Gasteiger partial charge in [0.25, 0.3) is 5.91 Å². The molecule has 2 saturated heterocycles. The Morgan fingerprint density at radius 3 is 2.68 bits per heavy atom. The second-order valence-electron chi connectivity index (χ2n) is 10.2. The fraction of sp³-hybridized carbons (Fsp3) is 0.370. The van der Waals surface area contributed by atoms with E-state index in [0.717, 1.165) is 26.6 Å². The van der Waals surface area contributed by atoms with Crippen LogP contribution in [0.15, 0.2) is 54.7 Å². The molecule has 1 spiro atoms. The van der Waals surface area contributed by atoms with Gasteiger partial charge in [-0.15, -0.1) is 10.2 Å². The van der Waals surface area contributed by atoms with E-state index in [1.807, 2.05) is 46.2 Å². The molecule has 7 rings (SSSR count). The first kappa shape index (κ1) is 22.4. The molecule has 1 N–H and O–H groups in total. The number of piperidine rings is 1. The van der Waals surface area contributed by atoms with Crippen LogP contribution in [0.3, 0.4) is 0 Å². The van der Waals surface area contributed by atoms with Gasteiger partial charge in [0, 0.05) is 35.6 Å². The molecule has 10 heteroatoms. The lowest BCUT2D eigenvalue weighted by Crippen LogP contribution is -2.57. The summed E-state index contributed by atoms with van der Waals surface area (Å²) in [5.41, 5.74) is 1.91. The van der Waals surface area contributed by atoms with Crippen molar-refractivity contribution in [2.75, 3.05) is 24.7 Å². The van der Waals surface area contributed by atoms with E-state index in [1.165, 1.54) is 12.8 Å². The standard InChI is InChI=1S/C27H27N7O2S/c35-25(19-8-9-22-20(14-19)15-28-29-22)32-12-10-27(11-13-32)26(36)33(17-34(27)21-4-2-1-3-5-21)16-23-30-31-24(37-23)18-6-7-18/h1-5,8-9,14-15,18H,6-7,10-13,16-17H2,(H,28,29). The number of likely N-dealkylation sites (tertiary alicyclic amines) is 1. The number of benzene rings is 2. The number of para-hydroxylation sites is 1.